The fraction of sp³-hybridized carbons (Fsp3) is 0.0500. The predicted octanol–water partition coefficient (Wildman–Crippen LogP) is 4.30. The van der Waals surface area contributed by atoms with Crippen molar-refractivity contribution in [2.45, 2.75) is 6.61 Å². The zero-order valence-corrected chi connectivity index (χ0v) is 12.9. The van der Waals surface area contributed by atoms with E-state index in [1.54, 1.807) is 12.1 Å². The standard InChI is InChI=1S/C20H15FN2O/c21-18-7-4-15(5-8-18)19-12-23-11-17(6-9-20(23)22-19)16-3-1-2-14(10-16)13-24/h1-12,24H,13H2. The van der Waals surface area contributed by atoms with E-state index in [-0.39, 0.29) is 12.4 Å². The Labute approximate surface area is 138 Å². The molecule has 0 aliphatic heterocycles. The molecule has 118 valence electrons. The third kappa shape index (κ3) is 2.68. The minimum Gasteiger partial charge on any atom is -0.392 e. The molecule has 0 amide bonds. The van der Waals surface area contributed by atoms with Crippen molar-refractivity contribution >= 4 is 5.65 Å². The van der Waals surface area contributed by atoms with Gasteiger partial charge in [-0.25, -0.2) is 9.37 Å². The summed E-state index contributed by atoms with van der Waals surface area (Å²) in [4.78, 5) is 4.58. The van der Waals surface area contributed by atoms with Crippen LogP contribution in [0.15, 0.2) is 73.1 Å². The maximum absolute atomic E-state index is 13.1. The van der Waals surface area contributed by atoms with E-state index in [9.17, 15) is 9.50 Å². The molecule has 0 aliphatic carbocycles. The second-order valence-corrected chi connectivity index (χ2v) is 5.67. The molecule has 0 spiro atoms. The third-order valence-corrected chi connectivity index (χ3v) is 4.03. The number of nitrogens with zero attached hydrogens (tertiary/aromatic N) is 2. The van der Waals surface area contributed by atoms with Gasteiger partial charge in [0.1, 0.15) is 11.5 Å². The van der Waals surface area contributed by atoms with Crippen molar-refractivity contribution in [3.05, 3.63) is 84.4 Å². The highest BCUT2D eigenvalue weighted by Crippen LogP contribution is 2.24. The summed E-state index contributed by atoms with van der Waals surface area (Å²) in [5, 5.41) is 9.29. The van der Waals surface area contributed by atoms with Crippen LogP contribution in [-0.4, -0.2) is 14.5 Å². The molecule has 0 aliphatic rings. The van der Waals surface area contributed by atoms with Crippen LogP contribution in [0.2, 0.25) is 0 Å². The zero-order valence-electron chi connectivity index (χ0n) is 12.9. The highest BCUT2D eigenvalue weighted by Gasteiger charge is 2.06. The number of imidazole rings is 1. The molecule has 4 heteroatoms. The van der Waals surface area contributed by atoms with Crippen molar-refractivity contribution in [2.75, 3.05) is 0 Å². The molecule has 0 atom stereocenters. The second kappa shape index (κ2) is 5.91. The van der Waals surface area contributed by atoms with E-state index < -0.39 is 0 Å². The molecule has 24 heavy (non-hydrogen) atoms. The van der Waals surface area contributed by atoms with E-state index in [0.717, 1.165) is 33.6 Å². The van der Waals surface area contributed by atoms with Gasteiger partial charge in [-0.1, -0.05) is 18.2 Å². The topological polar surface area (TPSA) is 37.5 Å². The molecular formula is C20H15FN2O. The molecule has 0 saturated carbocycles. The molecule has 2 heterocycles. The van der Waals surface area contributed by atoms with Gasteiger partial charge in [-0.15, -0.1) is 0 Å². The summed E-state index contributed by atoms with van der Waals surface area (Å²) < 4.78 is 15.0. The molecule has 2 aromatic heterocycles. The maximum atomic E-state index is 13.1. The number of aliphatic hydroxyl groups is 1. The van der Waals surface area contributed by atoms with Crippen LogP contribution < -0.4 is 0 Å². The lowest BCUT2D eigenvalue weighted by molar-refractivity contribution is 0.282. The Morgan fingerprint density at radius 2 is 1.67 bits per heavy atom. The molecule has 1 N–H and O–H groups in total. The molecule has 0 radical (unpaired) electrons. The molecule has 0 unspecified atom stereocenters. The lowest BCUT2D eigenvalue weighted by atomic mass is 10.1. The van der Waals surface area contributed by atoms with E-state index in [1.807, 2.05) is 53.2 Å². The molecule has 4 aromatic rings. The first-order chi connectivity index (χ1) is 11.7. The van der Waals surface area contributed by atoms with Crippen LogP contribution in [-0.2, 0) is 6.61 Å². The monoisotopic (exact) mass is 318 g/mol. The van der Waals surface area contributed by atoms with E-state index in [2.05, 4.69) is 4.98 Å². The summed E-state index contributed by atoms with van der Waals surface area (Å²) in [5.74, 6) is -0.256. The second-order valence-electron chi connectivity index (χ2n) is 5.67. The molecule has 0 bridgehead atoms. The molecule has 0 saturated heterocycles. The Kier molecular flexibility index (Phi) is 3.59. The van der Waals surface area contributed by atoms with Crippen molar-refractivity contribution in [3.8, 4) is 22.4 Å². The Morgan fingerprint density at radius 3 is 2.46 bits per heavy atom. The van der Waals surface area contributed by atoms with Crippen molar-refractivity contribution in [1.82, 2.24) is 9.38 Å². The van der Waals surface area contributed by atoms with Gasteiger partial charge in [0.05, 0.1) is 12.3 Å². The SMILES string of the molecule is OCc1cccc(-c2ccc3nc(-c4ccc(F)cc4)cn3c2)c1. The Bertz CT molecular complexity index is 1010. The first-order valence-corrected chi connectivity index (χ1v) is 7.68. The highest BCUT2D eigenvalue weighted by molar-refractivity contribution is 5.68. The Balaban J connectivity index is 1.76. The van der Waals surface area contributed by atoms with Crippen LogP contribution in [0.1, 0.15) is 5.56 Å². The first-order valence-electron chi connectivity index (χ1n) is 7.68. The number of aromatic nitrogens is 2. The number of pyridine rings is 1. The van der Waals surface area contributed by atoms with Crippen LogP contribution in [0, 0.1) is 5.82 Å². The summed E-state index contributed by atoms with van der Waals surface area (Å²) >= 11 is 0. The summed E-state index contributed by atoms with van der Waals surface area (Å²) in [6.45, 7) is 0.0237. The lowest BCUT2D eigenvalue weighted by Crippen LogP contribution is -1.87. The van der Waals surface area contributed by atoms with Crippen LogP contribution in [0.4, 0.5) is 4.39 Å². The first kappa shape index (κ1) is 14.6. The third-order valence-electron chi connectivity index (χ3n) is 4.03. The zero-order chi connectivity index (χ0) is 16.5. The van der Waals surface area contributed by atoms with E-state index in [4.69, 9.17) is 0 Å². The van der Waals surface area contributed by atoms with Gasteiger partial charge >= 0.3 is 0 Å². The average molecular weight is 318 g/mol. The number of hydrogen-bond acceptors (Lipinski definition) is 2. The molecule has 2 aromatic carbocycles. The van der Waals surface area contributed by atoms with Gasteiger partial charge in [0.2, 0.25) is 0 Å². The minimum absolute atomic E-state index is 0.0237. The number of rotatable bonds is 3. The summed E-state index contributed by atoms with van der Waals surface area (Å²) in [6, 6.07) is 18.1. The van der Waals surface area contributed by atoms with Crippen LogP contribution in [0.3, 0.4) is 0 Å². The smallest absolute Gasteiger partial charge is 0.137 e. The van der Waals surface area contributed by atoms with Crippen molar-refractivity contribution in [1.29, 1.82) is 0 Å². The van der Waals surface area contributed by atoms with Crippen molar-refractivity contribution < 1.29 is 9.50 Å². The van der Waals surface area contributed by atoms with E-state index in [0.29, 0.717) is 0 Å². The van der Waals surface area contributed by atoms with Gasteiger partial charge in [0.15, 0.2) is 0 Å². The average Bonchev–Trinajstić information content (AvgIpc) is 3.05. The van der Waals surface area contributed by atoms with Gasteiger partial charge in [-0.05, 0) is 59.2 Å². The highest BCUT2D eigenvalue weighted by atomic mass is 19.1. The molecule has 3 nitrogen and oxygen atoms in total. The fourth-order valence-electron chi connectivity index (χ4n) is 2.77. The summed E-state index contributed by atoms with van der Waals surface area (Å²) in [5.41, 5.74) is 5.48. The normalized spacial score (nSPS) is 11.1. The molecule has 4 rings (SSSR count). The maximum Gasteiger partial charge on any atom is 0.137 e. The van der Waals surface area contributed by atoms with Crippen LogP contribution >= 0.6 is 0 Å². The van der Waals surface area contributed by atoms with Crippen LogP contribution in [0.25, 0.3) is 28.0 Å². The van der Waals surface area contributed by atoms with Crippen molar-refractivity contribution in [2.24, 2.45) is 0 Å². The number of aliphatic hydroxyl groups excluding tert-OH is 1. The largest absolute Gasteiger partial charge is 0.392 e. The van der Waals surface area contributed by atoms with E-state index in [1.165, 1.54) is 12.1 Å². The van der Waals surface area contributed by atoms with E-state index >= 15 is 0 Å². The van der Waals surface area contributed by atoms with Gasteiger partial charge < -0.3 is 9.51 Å². The van der Waals surface area contributed by atoms with Gasteiger partial charge in [-0.2, -0.15) is 0 Å². The number of benzene rings is 2. The number of halogens is 1. The van der Waals surface area contributed by atoms with Gasteiger partial charge in [0, 0.05) is 18.0 Å². The predicted molar refractivity (Wildman–Crippen MR) is 91.9 cm³/mol. The quantitative estimate of drug-likeness (QED) is 0.611. The molecule has 0 fully saturated rings. The number of fused-ring (bicyclic) bond motifs is 1. The Hall–Kier alpha value is -2.98. The fourth-order valence-corrected chi connectivity index (χ4v) is 2.77. The minimum atomic E-state index is -0.256. The summed E-state index contributed by atoms with van der Waals surface area (Å²) in [7, 11) is 0. The summed E-state index contributed by atoms with van der Waals surface area (Å²) in [6.07, 6.45) is 3.94. The lowest BCUT2D eigenvalue weighted by Gasteiger charge is -2.04. The van der Waals surface area contributed by atoms with Crippen LogP contribution in [0.5, 0.6) is 0 Å². The molecular weight excluding hydrogens is 303 g/mol. The number of hydrogen-bond donors (Lipinski definition) is 1. The van der Waals surface area contributed by atoms with Crippen molar-refractivity contribution in [3.63, 3.8) is 0 Å². The van der Waals surface area contributed by atoms with Gasteiger partial charge in [0.25, 0.3) is 0 Å². The Morgan fingerprint density at radius 1 is 0.875 bits per heavy atom. The van der Waals surface area contributed by atoms with Gasteiger partial charge in [-0.3, -0.25) is 0 Å².